The first-order chi connectivity index (χ1) is 10.6. The Hall–Kier alpha value is -1.36. The van der Waals surface area contributed by atoms with Gasteiger partial charge in [-0.05, 0) is 46.0 Å². The van der Waals surface area contributed by atoms with E-state index in [1.165, 1.54) is 17.0 Å². The lowest BCUT2D eigenvalue weighted by atomic mass is 9.90. The van der Waals surface area contributed by atoms with Crippen LogP contribution in [0.2, 0.25) is 0 Å². The molecule has 0 radical (unpaired) electrons. The van der Waals surface area contributed by atoms with Crippen LogP contribution in [0.25, 0.3) is 0 Å². The van der Waals surface area contributed by atoms with Gasteiger partial charge in [0.25, 0.3) is 5.91 Å². The van der Waals surface area contributed by atoms with E-state index < -0.39 is 0 Å². The quantitative estimate of drug-likeness (QED) is 0.857. The van der Waals surface area contributed by atoms with E-state index in [1.54, 1.807) is 0 Å². The van der Waals surface area contributed by atoms with E-state index >= 15 is 0 Å². The largest absolute Gasteiger partial charge is 0.498 e. The molecule has 4 nitrogen and oxygen atoms in total. The molecule has 0 N–H and O–H groups in total. The molecule has 1 atom stereocenters. The Kier molecular flexibility index (Phi) is 4.52. The van der Waals surface area contributed by atoms with Gasteiger partial charge in [-0.1, -0.05) is 0 Å². The SMILES string of the molecule is CC1=C(C(=O)N(C)C[C@H]2CCCc3sc(C)nc32)CCCO1. The van der Waals surface area contributed by atoms with Gasteiger partial charge in [-0.25, -0.2) is 4.98 Å². The molecule has 0 bridgehead atoms. The van der Waals surface area contributed by atoms with Crippen LogP contribution in [-0.4, -0.2) is 36.0 Å². The van der Waals surface area contributed by atoms with Gasteiger partial charge in [-0.3, -0.25) is 4.79 Å². The van der Waals surface area contributed by atoms with Gasteiger partial charge < -0.3 is 9.64 Å². The Balaban J connectivity index is 1.72. The van der Waals surface area contributed by atoms with E-state index in [0.29, 0.717) is 5.92 Å². The maximum Gasteiger partial charge on any atom is 0.252 e. The number of carbonyl (C=O) groups is 1. The molecule has 2 aliphatic rings. The molecule has 0 unspecified atom stereocenters. The highest BCUT2D eigenvalue weighted by Crippen LogP contribution is 2.35. The topological polar surface area (TPSA) is 42.4 Å². The molecule has 5 heteroatoms. The summed E-state index contributed by atoms with van der Waals surface area (Å²) in [7, 11) is 1.91. The van der Waals surface area contributed by atoms with Crippen molar-refractivity contribution in [2.45, 2.75) is 51.9 Å². The van der Waals surface area contributed by atoms with Gasteiger partial charge in [0.1, 0.15) is 5.76 Å². The van der Waals surface area contributed by atoms with Crippen molar-refractivity contribution in [2.75, 3.05) is 20.2 Å². The van der Waals surface area contributed by atoms with E-state index in [2.05, 4.69) is 6.92 Å². The number of hydrogen-bond donors (Lipinski definition) is 0. The zero-order valence-corrected chi connectivity index (χ0v) is 14.5. The highest BCUT2D eigenvalue weighted by atomic mass is 32.1. The zero-order chi connectivity index (χ0) is 15.7. The van der Waals surface area contributed by atoms with Gasteiger partial charge in [-0.2, -0.15) is 0 Å². The molecule has 1 amide bonds. The third-order valence-electron chi connectivity index (χ3n) is 4.59. The molecule has 0 spiro atoms. The van der Waals surface area contributed by atoms with Gasteiger partial charge in [0.2, 0.25) is 0 Å². The maximum atomic E-state index is 12.7. The van der Waals surface area contributed by atoms with Crippen molar-refractivity contribution < 1.29 is 9.53 Å². The van der Waals surface area contributed by atoms with Gasteiger partial charge in [0, 0.05) is 24.4 Å². The molecular formula is C17H24N2O2S. The lowest BCUT2D eigenvalue weighted by Gasteiger charge is -2.28. The predicted molar refractivity (Wildman–Crippen MR) is 88.1 cm³/mol. The Bertz CT molecular complexity index is 606. The number of thiazole rings is 1. The second-order valence-electron chi connectivity index (χ2n) is 6.30. The van der Waals surface area contributed by atoms with Crippen molar-refractivity contribution in [3.8, 4) is 0 Å². The minimum atomic E-state index is 0.122. The highest BCUT2D eigenvalue weighted by Gasteiger charge is 2.28. The number of amides is 1. The van der Waals surface area contributed by atoms with Crippen molar-refractivity contribution in [1.82, 2.24) is 9.88 Å². The molecule has 120 valence electrons. The molecular weight excluding hydrogens is 296 g/mol. The summed E-state index contributed by atoms with van der Waals surface area (Å²) in [5, 5.41) is 1.14. The normalized spacial score (nSPS) is 21.3. The molecule has 1 aromatic rings. The number of likely N-dealkylation sites (N-methyl/N-ethyl adjacent to an activating group) is 1. The Morgan fingerprint density at radius 3 is 2.95 bits per heavy atom. The van der Waals surface area contributed by atoms with Crippen LogP contribution >= 0.6 is 11.3 Å². The van der Waals surface area contributed by atoms with Gasteiger partial charge >= 0.3 is 0 Å². The van der Waals surface area contributed by atoms with Crippen LogP contribution in [0, 0.1) is 6.92 Å². The second kappa shape index (κ2) is 6.41. The Morgan fingerprint density at radius 1 is 1.36 bits per heavy atom. The van der Waals surface area contributed by atoms with Crippen molar-refractivity contribution in [1.29, 1.82) is 0 Å². The van der Waals surface area contributed by atoms with Gasteiger partial charge in [0.05, 0.1) is 22.9 Å². The Labute approximate surface area is 136 Å². The first-order valence-electron chi connectivity index (χ1n) is 8.10. The van der Waals surface area contributed by atoms with E-state index in [9.17, 15) is 4.79 Å². The monoisotopic (exact) mass is 320 g/mol. The molecule has 1 aliphatic heterocycles. The van der Waals surface area contributed by atoms with Crippen molar-refractivity contribution in [3.63, 3.8) is 0 Å². The van der Waals surface area contributed by atoms with Crippen LogP contribution < -0.4 is 0 Å². The summed E-state index contributed by atoms with van der Waals surface area (Å²) in [6, 6.07) is 0. The summed E-state index contributed by atoms with van der Waals surface area (Å²) in [4.78, 5) is 20.7. The number of nitrogens with zero attached hydrogens (tertiary/aromatic N) is 2. The second-order valence-corrected chi connectivity index (χ2v) is 7.59. The summed E-state index contributed by atoms with van der Waals surface area (Å²) >= 11 is 1.81. The number of allylic oxidation sites excluding steroid dienone is 1. The molecule has 0 saturated heterocycles. The van der Waals surface area contributed by atoms with E-state index in [-0.39, 0.29) is 5.91 Å². The van der Waals surface area contributed by atoms with Crippen LogP contribution in [-0.2, 0) is 16.0 Å². The first-order valence-corrected chi connectivity index (χ1v) is 8.92. The van der Waals surface area contributed by atoms with Crippen molar-refractivity contribution >= 4 is 17.2 Å². The van der Waals surface area contributed by atoms with Crippen LogP contribution in [0.3, 0.4) is 0 Å². The molecule has 22 heavy (non-hydrogen) atoms. The van der Waals surface area contributed by atoms with Crippen LogP contribution in [0.1, 0.15) is 54.1 Å². The summed E-state index contributed by atoms with van der Waals surface area (Å²) in [5.74, 6) is 1.31. The number of aromatic nitrogens is 1. The number of hydrogen-bond acceptors (Lipinski definition) is 4. The number of rotatable bonds is 3. The first kappa shape index (κ1) is 15.5. The predicted octanol–water partition coefficient (Wildman–Crippen LogP) is 3.41. The van der Waals surface area contributed by atoms with Crippen LogP contribution in [0.15, 0.2) is 11.3 Å². The summed E-state index contributed by atoms with van der Waals surface area (Å²) in [6.45, 7) is 5.47. The zero-order valence-electron chi connectivity index (χ0n) is 13.6. The minimum Gasteiger partial charge on any atom is -0.498 e. The Morgan fingerprint density at radius 2 is 2.18 bits per heavy atom. The number of ether oxygens (including phenoxy) is 1. The third-order valence-corrected chi connectivity index (χ3v) is 5.64. The molecule has 1 aromatic heterocycles. The lowest BCUT2D eigenvalue weighted by molar-refractivity contribution is -0.126. The van der Waals surface area contributed by atoms with Gasteiger partial charge in [0.15, 0.2) is 0 Å². The average molecular weight is 320 g/mol. The molecule has 0 saturated carbocycles. The fourth-order valence-electron chi connectivity index (χ4n) is 3.45. The molecule has 3 rings (SSSR count). The van der Waals surface area contributed by atoms with Crippen LogP contribution in [0.5, 0.6) is 0 Å². The van der Waals surface area contributed by atoms with E-state index in [4.69, 9.17) is 9.72 Å². The maximum absolute atomic E-state index is 12.7. The third kappa shape index (κ3) is 3.05. The molecule has 1 aliphatic carbocycles. The van der Waals surface area contributed by atoms with Gasteiger partial charge in [-0.15, -0.1) is 11.3 Å². The van der Waals surface area contributed by atoms with Crippen molar-refractivity contribution in [2.24, 2.45) is 0 Å². The van der Waals surface area contributed by atoms with Crippen molar-refractivity contribution in [3.05, 3.63) is 26.9 Å². The van der Waals surface area contributed by atoms with E-state index in [0.717, 1.165) is 55.2 Å². The minimum absolute atomic E-state index is 0.122. The number of fused-ring (bicyclic) bond motifs is 1. The highest BCUT2D eigenvalue weighted by molar-refractivity contribution is 7.11. The fraction of sp³-hybridized carbons (Fsp3) is 0.647. The standard InChI is InChI=1S/C17H24N2O2S/c1-11-14(7-5-9-21-11)17(20)19(3)10-13-6-4-8-15-16(13)18-12(2)22-15/h13H,4-10H2,1-3H3/t13-/m1/s1. The average Bonchev–Trinajstić information content (AvgIpc) is 2.88. The fourth-order valence-corrected chi connectivity index (χ4v) is 4.51. The van der Waals surface area contributed by atoms with E-state index in [1.807, 2.05) is 30.2 Å². The van der Waals surface area contributed by atoms with Crippen LogP contribution in [0.4, 0.5) is 0 Å². The summed E-state index contributed by atoms with van der Waals surface area (Å²) in [5.41, 5.74) is 2.08. The smallest absolute Gasteiger partial charge is 0.252 e. The summed E-state index contributed by atoms with van der Waals surface area (Å²) in [6.07, 6.45) is 5.24. The molecule has 0 fully saturated rings. The number of carbonyl (C=O) groups excluding carboxylic acids is 1. The molecule has 2 heterocycles. The lowest BCUT2D eigenvalue weighted by Crippen LogP contribution is -2.34. The molecule has 0 aromatic carbocycles. The summed E-state index contributed by atoms with van der Waals surface area (Å²) < 4.78 is 5.53. The number of aryl methyl sites for hydroxylation is 2.